The summed E-state index contributed by atoms with van der Waals surface area (Å²) in [5.74, 6) is 0.567. The van der Waals surface area contributed by atoms with Crippen molar-refractivity contribution in [3.05, 3.63) is 22.2 Å². The largest absolute Gasteiger partial charge is 0.504 e. The third-order valence-corrected chi connectivity index (χ3v) is 3.58. The highest BCUT2D eigenvalue weighted by molar-refractivity contribution is 9.10. The Morgan fingerprint density at radius 2 is 2.06 bits per heavy atom. The van der Waals surface area contributed by atoms with Crippen LogP contribution in [0.3, 0.4) is 0 Å². The molecular weight excluding hydrogens is 298 g/mol. The molecule has 0 aliphatic rings. The second-order valence-corrected chi connectivity index (χ2v) is 5.68. The van der Waals surface area contributed by atoms with Crippen LogP contribution in [0.2, 0.25) is 0 Å². The maximum Gasteiger partial charge on any atom is 0.160 e. The summed E-state index contributed by atoms with van der Waals surface area (Å²) in [6.45, 7) is 4.85. The van der Waals surface area contributed by atoms with E-state index >= 15 is 0 Å². The molecular formula is C13H20BrNO3. The van der Waals surface area contributed by atoms with E-state index in [9.17, 15) is 5.11 Å². The highest BCUT2D eigenvalue weighted by Gasteiger charge is 2.17. The standard InChI is InChI=1S/C13H20BrNO3/c1-13(2,4-5-16)15-8-9-6-12(18-3)11(17)7-10(9)14/h6-7,15-17H,4-5,8H2,1-3H3. The van der Waals surface area contributed by atoms with Gasteiger partial charge in [0.15, 0.2) is 11.5 Å². The van der Waals surface area contributed by atoms with Crippen molar-refractivity contribution >= 4 is 15.9 Å². The molecule has 0 unspecified atom stereocenters. The first-order valence-corrected chi connectivity index (χ1v) is 6.60. The molecule has 1 aromatic rings. The van der Waals surface area contributed by atoms with Gasteiger partial charge >= 0.3 is 0 Å². The van der Waals surface area contributed by atoms with Crippen LogP contribution >= 0.6 is 15.9 Å². The monoisotopic (exact) mass is 317 g/mol. The number of rotatable bonds is 6. The van der Waals surface area contributed by atoms with E-state index in [-0.39, 0.29) is 17.9 Å². The van der Waals surface area contributed by atoms with E-state index in [1.54, 1.807) is 12.1 Å². The van der Waals surface area contributed by atoms with Gasteiger partial charge < -0.3 is 20.3 Å². The minimum Gasteiger partial charge on any atom is -0.504 e. The number of aromatic hydroxyl groups is 1. The van der Waals surface area contributed by atoms with Gasteiger partial charge in [0.25, 0.3) is 0 Å². The lowest BCUT2D eigenvalue weighted by atomic mass is 10.0. The van der Waals surface area contributed by atoms with Gasteiger partial charge in [-0.3, -0.25) is 0 Å². The van der Waals surface area contributed by atoms with Crippen LogP contribution in [0.5, 0.6) is 11.5 Å². The average molecular weight is 318 g/mol. The zero-order valence-corrected chi connectivity index (χ0v) is 12.5. The van der Waals surface area contributed by atoms with Gasteiger partial charge in [0, 0.05) is 23.2 Å². The Morgan fingerprint density at radius 3 is 2.61 bits per heavy atom. The maximum absolute atomic E-state index is 9.62. The Bertz CT molecular complexity index is 407. The Labute approximate surface area is 116 Å². The van der Waals surface area contributed by atoms with E-state index in [0.29, 0.717) is 18.7 Å². The van der Waals surface area contributed by atoms with Gasteiger partial charge in [0.1, 0.15) is 0 Å². The zero-order valence-electron chi connectivity index (χ0n) is 11.0. The van der Waals surface area contributed by atoms with Crippen LogP contribution in [-0.2, 0) is 6.54 Å². The summed E-state index contributed by atoms with van der Waals surface area (Å²) in [4.78, 5) is 0. The smallest absolute Gasteiger partial charge is 0.160 e. The molecule has 0 aliphatic carbocycles. The van der Waals surface area contributed by atoms with E-state index in [2.05, 4.69) is 21.2 Å². The topological polar surface area (TPSA) is 61.7 Å². The van der Waals surface area contributed by atoms with Crippen LogP contribution in [0.4, 0.5) is 0 Å². The third kappa shape index (κ3) is 4.15. The number of methoxy groups -OCH3 is 1. The van der Waals surface area contributed by atoms with Crippen molar-refractivity contribution in [2.45, 2.75) is 32.4 Å². The minimum atomic E-state index is -0.140. The van der Waals surface area contributed by atoms with E-state index in [1.807, 2.05) is 13.8 Å². The first-order valence-electron chi connectivity index (χ1n) is 5.81. The zero-order chi connectivity index (χ0) is 13.8. The maximum atomic E-state index is 9.62. The summed E-state index contributed by atoms with van der Waals surface area (Å²) in [6.07, 6.45) is 0.680. The lowest BCUT2D eigenvalue weighted by molar-refractivity contribution is 0.230. The molecule has 102 valence electrons. The number of benzene rings is 1. The summed E-state index contributed by atoms with van der Waals surface area (Å²) in [6, 6.07) is 3.41. The second kappa shape index (κ2) is 6.41. The van der Waals surface area contributed by atoms with Crippen LogP contribution in [0.25, 0.3) is 0 Å². The van der Waals surface area contributed by atoms with Gasteiger partial charge in [0.2, 0.25) is 0 Å². The van der Waals surface area contributed by atoms with Crippen LogP contribution in [0.1, 0.15) is 25.8 Å². The minimum absolute atomic E-state index is 0.114. The van der Waals surface area contributed by atoms with Crippen LogP contribution in [-0.4, -0.2) is 29.5 Å². The number of halogens is 1. The molecule has 1 aromatic carbocycles. The fourth-order valence-corrected chi connectivity index (χ4v) is 2.06. The lowest BCUT2D eigenvalue weighted by Gasteiger charge is -2.26. The second-order valence-electron chi connectivity index (χ2n) is 4.83. The fourth-order valence-electron chi connectivity index (χ4n) is 1.59. The van der Waals surface area contributed by atoms with Gasteiger partial charge in [-0.25, -0.2) is 0 Å². The number of ether oxygens (including phenoxy) is 1. The van der Waals surface area contributed by atoms with Crippen molar-refractivity contribution in [1.29, 1.82) is 0 Å². The molecule has 0 fully saturated rings. The molecule has 0 radical (unpaired) electrons. The number of hydrogen-bond donors (Lipinski definition) is 3. The van der Waals surface area contributed by atoms with Crippen molar-refractivity contribution < 1.29 is 14.9 Å². The number of aliphatic hydroxyl groups is 1. The van der Waals surface area contributed by atoms with Gasteiger partial charge in [-0.2, -0.15) is 0 Å². The summed E-state index contributed by atoms with van der Waals surface area (Å²) >= 11 is 3.41. The fraction of sp³-hybridized carbons (Fsp3) is 0.538. The van der Waals surface area contributed by atoms with Gasteiger partial charge in [-0.05, 0) is 38.0 Å². The predicted molar refractivity (Wildman–Crippen MR) is 75.0 cm³/mol. The molecule has 1 rings (SSSR count). The average Bonchev–Trinajstić information content (AvgIpc) is 2.28. The number of phenols is 1. The van der Waals surface area contributed by atoms with Crippen molar-refractivity contribution in [2.75, 3.05) is 13.7 Å². The van der Waals surface area contributed by atoms with Crippen molar-refractivity contribution in [3.63, 3.8) is 0 Å². The quantitative estimate of drug-likeness (QED) is 0.754. The van der Waals surface area contributed by atoms with E-state index < -0.39 is 0 Å². The van der Waals surface area contributed by atoms with Crippen LogP contribution in [0, 0.1) is 0 Å². The molecule has 0 saturated heterocycles. The summed E-state index contributed by atoms with van der Waals surface area (Å²) in [5, 5.41) is 22.0. The summed E-state index contributed by atoms with van der Waals surface area (Å²) < 4.78 is 5.91. The molecule has 0 aliphatic heterocycles. The molecule has 3 N–H and O–H groups in total. The van der Waals surface area contributed by atoms with E-state index in [0.717, 1.165) is 10.0 Å². The highest BCUT2D eigenvalue weighted by Crippen LogP contribution is 2.32. The lowest BCUT2D eigenvalue weighted by Crippen LogP contribution is -2.39. The summed E-state index contributed by atoms with van der Waals surface area (Å²) in [5.41, 5.74) is 0.856. The molecule has 18 heavy (non-hydrogen) atoms. The molecule has 0 spiro atoms. The molecule has 4 nitrogen and oxygen atoms in total. The van der Waals surface area contributed by atoms with Gasteiger partial charge in [-0.1, -0.05) is 15.9 Å². The summed E-state index contributed by atoms with van der Waals surface area (Å²) in [7, 11) is 1.52. The first-order chi connectivity index (χ1) is 8.39. The first kappa shape index (κ1) is 15.3. The van der Waals surface area contributed by atoms with Gasteiger partial charge in [-0.15, -0.1) is 0 Å². The number of nitrogens with one attached hydrogen (secondary N) is 1. The third-order valence-electron chi connectivity index (χ3n) is 2.84. The normalized spacial score (nSPS) is 11.6. The van der Waals surface area contributed by atoms with Crippen LogP contribution in [0.15, 0.2) is 16.6 Å². The molecule has 0 saturated carbocycles. The van der Waals surface area contributed by atoms with E-state index in [4.69, 9.17) is 9.84 Å². The Balaban J connectivity index is 2.79. The molecule has 0 amide bonds. The van der Waals surface area contributed by atoms with Crippen molar-refractivity contribution in [2.24, 2.45) is 0 Å². The Morgan fingerprint density at radius 1 is 1.39 bits per heavy atom. The van der Waals surface area contributed by atoms with Crippen LogP contribution < -0.4 is 10.1 Å². The highest BCUT2D eigenvalue weighted by atomic mass is 79.9. The number of phenolic OH excluding ortho intramolecular Hbond substituents is 1. The predicted octanol–water partition coefficient (Wildman–Crippen LogP) is 2.41. The van der Waals surface area contributed by atoms with E-state index in [1.165, 1.54) is 7.11 Å². The van der Waals surface area contributed by atoms with Gasteiger partial charge in [0.05, 0.1) is 7.11 Å². The molecule has 0 bridgehead atoms. The SMILES string of the molecule is COc1cc(CNC(C)(C)CCO)c(Br)cc1O. The number of aliphatic hydroxyl groups excluding tert-OH is 1. The van der Waals surface area contributed by atoms with Crippen molar-refractivity contribution in [3.8, 4) is 11.5 Å². The molecule has 0 heterocycles. The Hall–Kier alpha value is -0.780. The molecule has 5 heteroatoms. The molecule has 0 atom stereocenters. The number of hydrogen-bond acceptors (Lipinski definition) is 4. The molecule has 0 aromatic heterocycles. The Kier molecular flexibility index (Phi) is 5.44. The van der Waals surface area contributed by atoms with Crippen molar-refractivity contribution in [1.82, 2.24) is 5.32 Å².